The van der Waals surface area contributed by atoms with Gasteiger partial charge < -0.3 is 15.2 Å². The van der Waals surface area contributed by atoms with Crippen LogP contribution in [0, 0.1) is 6.92 Å². The van der Waals surface area contributed by atoms with Crippen molar-refractivity contribution in [1.82, 2.24) is 25.1 Å². The maximum absolute atomic E-state index is 4.74. The van der Waals surface area contributed by atoms with E-state index in [1.54, 1.807) is 0 Å². The van der Waals surface area contributed by atoms with Crippen LogP contribution in [0.5, 0.6) is 0 Å². The molecule has 2 aliphatic heterocycles. The van der Waals surface area contributed by atoms with Crippen molar-refractivity contribution in [3.05, 3.63) is 54.0 Å². The van der Waals surface area contributed by atoms with Crippen LogP contribution in [0.4, 0.5) is 5.82 Å². The SMILES string of the molecule is CC.Cc1c(-c2cnn3c2CCC3)[nH]c2cc(-c3ccc(N4CCNCC4)nc3)ccc12. The highest BCUT2D eigenvalue weighted by molar-refractivity contribution is 5.93. The summed E-state index contributed by atoms with van der Waals surface area (Å²) in [6, 6.07) is 11.0. The molecule has 5 heterocycles. The first-order valence-electron chi connectivity index (χ1n) is 11.9. The Hall–Kier alpha value is -3.12. The molecule has 0 aliphatic carbocycles. The maximum Gasteiger partial charge on any atom is 0.128 e. The van der Waals surface area contributed by atoms with Crippen LogP contribution in [0.25, 0.3) is 33.3 Å². The van der Waals surface area contributed by atoms with Gasteiger partial charge in [0.05, 0.1) is 11.9 Å². The summed E-state index contributed by atoms with van der Waals surface area (Å²) in [5, 5.41) is 9.24. The van der Waals surface area contributed by atoms with Crippen LogP contribution in [0.2, 0.25) is 0 Å². The molecule has 1 saturated heterocycles. The predicted octanol–water partition coefficient (Wildman–Crippen LogP) is 4.78. The number of benzene rings is 1. The minimum atomic E-state index is 1.02. The zero-order valence-electron chi connectivity index (χ0n) is 19.3. The molecule has 0 atom stereocenters. The summed E-state index contributed by atoms with van der Waals surface area (Å²) in [6.07, 6.45) is 6.32. The van der Waals surface area contributed by atoms with E-state index >= 15 is 0 Å². The molecule has 2 N–H and O–H groups in total. The van der Waals surface area contributed by atoms with E-state index < -0.39 is 0 Å². The number of aromatic amines is 1. The van der Waals surface area contributed by atoms with Crippen molar-refractivity contribution >= 4 is 16.7 Å². The fourth-order valence-corrected chi connectivity index (χ4v) is 4.90. The number of hydrogen-bond donors (Lipinski definition) is 2. The average molecular weight is 429 g/mol. The van der Waals surface area contributed by atoms with Crippen LogP contribution >= 0.6 is 0 Å². The molecule has 6 nitrogen and oxygen atoms in total. The molecule has 6 heteroatoms. The molecule has 0 amide bonds. The lowest BCUT2D eigenvalue weighted by Gasteiger charge is -2.28. The van der Waals surface area contributed by atoms with Gasteiger partial charge in [-0.05, 0) is 49.1 Å². The monoisotopic (exact) mass is 428 g/mol. The van der Waals surface area contributed by atoms with Gasteiger partial charge in [0.1, 0.15) is 5.82 Å². The average Bonchev–Trinajstić information content (AvgIpc) is 3.56. The summed E-state index contributed by atoms with van der Waals surface area (Å²) in [7, 11) is 0. The van der Waals surface area contributed by atoms with Crippen molar-refractivity contribution in [1.29, 1.82) is 0 Å². The van der Waals surface area contributed by atoms with E-state index in [4.69, 9.17) is 4.98 Å². The van der Waals surface area contributed by atoms with Gasteiger partial charge in [0.2, 0.25) is 0 Å². The Bertz CT molecular complexity index is 1210. The van der Waals surface area contributed by atoms with Crippen molar-refractivity contribution in [3.8, 4) is 22.4 Å². The molecule has 0 unspecified atom stereocenters. The molecule has 166 valence electrons. The van der Waals surface area contributed by atoms with Gasteiger partial charge >= 0.3 is 0 Å². The number of pyridine rings is 1. The Balaban J connectivity index is 0.00000105. The lowest BCUT2D eigenvalue weighted by molar-refractivity contribution is 0.585. The van der Waals surface area contributed by atoms with Gasteiger partial charge in [-0.2, -0.15) is 5.10 Å². The van der Waals surface area contributed by atoms with Crippen molar-refractivity contribution < 1.29 is 0 Å². The van der Waals surface area contributed by atoms with E-state index in [-0.39, 0.29) is 0 Å². The second-order valence-corrected chi connectivity index (χ2v) is 8.36. The topological polar surface area (TPSA) is 61.8 Å². The Morgan fingerprint density at radius 1 is 0.938 bits per heavy atom. The maximum atomic E-state index is 4.74. The number of aromatic nitrogens is 4. The van der Waals surface area contributed by atoms with E-state index in [2.05, 4.69) is 62.2 Å². The molecule has 4 aromatic rings. The van der Waals surface area contributed by atoms with Gasteiger partial charge in [0, 0.05) is 66.6 Å². The van der Waals surface area contributed by atoms with E-state index in [0.29, 0.717) is 0 Å². The molecule has 2 aliphatic rings. The highest BCUT2D eigenvalue weighted by Gasteiger charge is 2.20. The predicted molar refractivity (Wildman–Crippen MR) is 132 cm³/mol. The number of piperazine rings is 1. The van der Waals surface area contributed by atoms with Crippen molar-refractivity contribution in [2.24, 2.45) is 0 Å². The van der Waals surface area contributed by atoms with Crippen LogP contribution in [-0.2, 0) is 13.0 Å². The third-order valence-electron chi connectivity index (χ3n) is 6.58. The smallest absolute Gasteiger partial charge is 0.128 e. The van der Waals surface area contributed by atoms with Crippen LogP contribution < -0.4 is 10.2 Å². The van der Waals surface area contributed by atoms with Crippen LogP contribution in [0.3, 0.4) is 0 Å². The third-order valence-corrected chi connectivity index (χ3v) is 6.58. The Morgan fingerprint density at radius 3 is 2.53 bits per heavy atom. The zero-order chi connectivity index (χ0) is 22.1. The van der Waals surface area contributed by atoms with E-state index in [0.717, 1.165) is 50.5 Å². The van der Waals surface area contributed by atoms with Gasteiger partial charge in [-0.1, -0.05) is 26.0 Å². The zero-order valence-corrected chi connectivity index (χ0v) is 19.3. The standard InChI is InChI=1S/C24H26N6.C2H6/c1-16-19-6-4-17(18-5-7-23(26-14-18)29-11-8-25-9-12-29)13-21(19)28-24(16)20-15-27-30-10-2-3-22(20)30;1-2/h4-7,13-15,25,28H,2-3,8-12H2,1H3;1-2H3. The molecular formula is C26H32N6. The summed E-state index contributed by atoms with van der Waals surface area (Å²) in [4.78, 5) is 10.8. The normalized spacial score (nSPS) is 15.5. The summed E-state index contributed by atoms with van der Waals surface area (Å²) >= 11 is 0. The van der Waals surface area contributed by atoms with Gasteiger partial charge in [-0.25, -0.2) is 4.98 Å². The van der Waals surface area contributed by atoms with Crippen molar-refractivity contribution in [2.45, 2.75) is 40.2 Å². The van der Waals surface area contributed by atoms with Gasteiger partial charge in [0.25, 0.3) is 0 Å². The number of hydrogen-bond acceptors (Lipinski definition) is 4. The number of nitrogens with one attached hydrogen (secondary N) is 2. The third kappa shape index (κ3) is 3.58. The molecular weight excluding hydrogens is 396 g/mol. The fraction of sp³-hybridized carbons (Fsp3) is 0.385. The summed E-state index contributed by atoms with van der Waals surface area (Å²) < 4.78 is 2.15. The van der Waals surface area contributed by atoms with Gasteiger partial charge in [-0.3, -0.25) is 4.68 Å². The largest absolute Gasteiger partial charge is 0.354 e. The number of rotatable bonds is 3. The highest BCUT2D eigenvalue weighted by Crippen LogP contribution is 2.35. The fourth-order valence-electron chi connectivity index (χ4n) is 4.90. The van der Waals surface area contributed by atoms with Crippen LogP contribution in [0.1, 0.15) is 31.5 Å². The van der Waals surface area contributed by atoms with Crippen LogP contribution in [0.15, 0.2) is 42.7 Å². The first-order chi connectivity index (χ1) is 15.8. The van der Waals surface area contributed by atoms with Crippen molar-refractivity contribution in [2.75, 3.05) is 31.1 Å². The lowest BCUT2D eigenvalue weighted by Crippen LogP contribution is -2.43. The molecule has 0 saturated carbocycles. The Labute approximate surface area is 189 Å². The molecule has 0 bridgehead atoms. The van der Waals surface area contributed by atoms with E-state index in [1.165, 1.54) is 45.4 Å². The first-order valence-corrected chi connectivity index (χ1v) is 11.9. The number of anilines is 1. The summed E-state index contributed by atoms with van der Waals surface area (Å²) in [6.45, 7) is 11.3. The molecule has 3 aromatic heterocycles. The molecule has 6 rings (SSSR count). The van der Waals surface area contributed by atoms with Crippen molar-refractivity contribution in [3.63, 3.8) is 0 Å². The highest BCUT2D eigenvalue weighted by atomic mass is 15.3. The second kappa shape index (κ2) is 8.79. The Morgan fingerprint density at radius 2 is 1.75 bits per heavy atom. The molecule has 0 radical (unpaired) electrons. The number of fused-ring (bicyclic) bond motifs is 2. The lowest BCUT2D eigenvalue weighted by atomic mass is 10.0. The Kier molecular flexibility index (Phi) is 5.70. The summed E-state index contributed by atoms with van der Waals surface area (Å²) in [5.41, 5.74) is 8.63. The quantitative estimate of drug-likeness (QED) is 0.493. The van der Waals surface area contributed by atoms with Crippen LogP contribution in [-0.4, -0.2) is 45.9 Å². The second-order valence-electron chi connectivity index (χ2n) is 8.36. The molecule has 1 aromatic carbocycles. The number of aryl methyl sites for hydroxylation is 2. The first kappa shape index (κ1) is 20.8. The number of H-pyrrole nitrogens is 1. The molecule has 32 heavy (non-hydrogen) atoms. The van der Waals surface area contributed by atoms with E-state index in [9.17, 15) is 0 Å². The van der Waals surface area contributed by atoms with Gasteiger partial charge in [-0.15, -0.1) is 0 Å². The minimum Gasteiger partial charge on any atom is -0.354 e. The number of nitrogens with zero attached hydrogens (tertiary/aromatic N) is 4. The van der Waals surface area contributed by atoms with E-state index in [1.807, 2.05) is 26.2 Å². The summed E-state index contributed by atoms with van der Waals surface area (Å²) in [5.74, 6) is 1.06. The minimum absolute atomic E-state index is 1.02. The molecule has 1 fully saturated rings. The van der Waals surface area contributed by atoms with Gasteiger partial charge in [0.15, 0.2) is 0 Å². The molecule has 0 spiro atoms.